The van der Waals surface area contributed by atoms with Crippen molar-refractivity contribution < 1.29 is 55.0 Å². The molecule has 1 saturated heterocycles. The topological polar surface area (TPSA) is 148 Å². The molecule has 12 nitrogen and oxygen atoms in total. The van der Waals surface area contributed by atoms with E-state index < -0.39 is 61.0 Å². The van der Waals surface area contributed by atoms with Gasteiger partial charge in [0.25, 0.3) is 12.0 Å². The van der Waals surface area contributed by atoms with E-state index in [1.165, 1.54) is 62.8 Å². The minimum atomic E-state index is -5.08. The van der Waals surface area contributed by atoms with E-state index in [1.807, 2.05) is 0 Å². The van der Waals surface area contributed by atoms with E-state index in [9.17, 15) is 28.0 Å². The lowest BCUT2D eigenvalue weighted by molar-refractivity contribution is -0.242. The Kier molecular flexibility index (Phi) is 8.94. The molecule has 18 heteroatoms. The number of nitrogens with zero attached hydrogens (tertiary/aromatic N) is 1. The summed E-state index contributed by atoms with van der Waals surface area (Å²) in [7, 11) is -2.34. The number of aliphatic hydroxyl groups excluding tert-OH is 1. The van der Waals surface area contributed by atoms with Gasteiger partial charge in [0.1, 0.15) is 34.6 Å². The molecule has 0 amide bonds. The molecule has 0 spiro atoms. The van der Waals surface area contributed by atoms with E-state index in [2.05, 4.69) is 0 Å². The minimum absolute atomic E-state index is 0.190. The number of nitrogens with one attached hydrogen (secondary N) is 1. The van der Waals surface area contributed by atoms with Crippen molar-refractivity contribution in [1.29, 1.82) is 0 Å². The Bertz CT molecular complexity index is 1520. The van der Waals surface area contributed by atoms with E-state index in [4.69, 9.17) is 39.4 Å². The molecule has 0 aliphatic carbocycles. The third-order valence-electron chi connectivity index (χ3n) is 6.08. The third-order valence-corrected chi connectivity index (χ3v) is 7.66. The van der Waals surface area contributed by atoms with Crippen LogP contribution < -0.4 is 29.8 Å². The van der Waals surface area contributed by atoms with Gasteiger partial charge in [0.2, 0.25) is 5.60 Å². The molecule has 42 heavy (non-hydrogen) atoms. The summed E-state index contributed by atoms with van der Waals surface area (Å²) in [5, 5.41) is 9.63. The number of phosphoric acid groups is 1. The Labute approximate surface area is 238 Å². The number of phosphoric ester groups is 1. The molecule has 1 aromatic heterocycles. The number of ether oxygens (including phenoxy) is 3. The summed E-state index contributed by atoms with van der Waals surface area (Å²) in [6, 6.07) is 10.5. The highest BCUT2D eigenvalue weighted by Gasteiger charge is 2.74. The summed E-state index contributed by atoms with van der Waals surface area (Å²) in [6.07, 6.45) is -9.14. The second-order valence-corrected chi connectivity index (χ2v) is 10.6. The number of halogens is 5. The van der Waals surface area contributed by atoms with Crippen LogP contribution in [0.2, 0.25) is 5.02 Å². The number of alkyl halides is 4. The standard InChI is InChI=1S/C24H22ClF4N2O10P/c1-36-13-3-7-15(8-4-13)40-42(35,41-16-9-5-14(37-2)6-10-16)38-12-23(21(26)27)24(28,29)18(32)20(39-23)31-11-17(25)19(33)30-22(31)34/h3-11,18,20-21,32H,12H2,1-2H3,(H,30,33,34)/t18-,20-,23+/m1/s1. The Morgan fingerprint density at radius 1 is 1.00 bits per heavy atom. The Morgan fingerprint density at radius 3 is 1.93 bits per heavy atom. The zero-order valence-corrected chi connectivity index (χ0v) is 23.2. The van der Waals surface area contributed by atoms with Crippen LogP contribution in [0.1, 0.15) is 6.23 Å². The summed E-state index contributed by atoms with van der Waals surface area (Å²) in [6.45, 7) is -1.87. The van der Waals surface area contributed by atoms with Crippen molar-refractivity contribution >= 4 is 19.4 Å². The molecule has 2 aromatic carbocycles. The molecule has 0 saturated carbocycles. The van der Waals surface area contributed by atoms with E-state index in [1.54, 1.807) is 4.98 Å². The van der Waals surface area contributed by atoms with Gasteiger partial charge in [0.05, 0.1) is 14.2 Å². The molecule has 1 fully saturated rings. The maximum absolute atomic E-state index is 15.4. The fourth-order valence-electron chi connectivity index (χ4n) is 3.81. The first kappa shape index (κ1) is 31.4. The van der Waals surface area contributed by atoms with Gasteiger partial charge in [-0.1, -0.05) is 11.6 Å². The Hall–Kier alpha value is -3.56. The summed E-state index contributed by atoms with van der Waals surface area (Å²) in [5.41, 5.74) is -6.50. The molecule has 1 aliphatic heterocycles. The quantitative estimate of drug-likeness (QED) is 0.233. The van der Waals surface area contributed by atoms with Gasteiger partial charge in [-0.15, -0.1) is 0 Å². The zero-order valence-electron chi connectivity index (χ0n) is 21.5. The first-order valence-electron chi connectivity index (χ1n) is 11.7. The smallest absolute Gasteiger partial charge is 0.497 e. The Balaban J connectivity index is 1.69. The molecular weight excluding hydrogens is 619 g/mol. The largest absolute Gasteiger partial charge is 0.587 e. The van der Waals surface area contributed by atoms with Crippen LogP contribution in [0.3, 0.4) is 0 Å². The van der Waals surface area contributed by atoms with Gasteiger partial charge < -0.3 is 28.4 Å². The second-order valence-electron chi connectivity index (χ2n) is 8.66. The van der Waals surface area contributed by atoms with Gasteiger partial charge in [-0.25, -0.2) is 18.1 Å². The number of rotatable bonds is 11. The van der Waals surface area contributed by atoms with Crippen molar-refractivity contribution in [3.63, 3.8) is 0 Å². The predicted octanol–water partition coefficient (Wildman–Crippen LogP) is 4.02. The number of aliphatic hydroxyl groups is 1. The second kappa shape index (κ2) is 12.0. The highest BCUT2D eigenvalue weighted by Crippen LogP contribution is 2.56. The number of hydrogen-bond acceptors (Lipinski definition) is 10. The summed E-state index contributed by atoms with van der Waals surface area (Å²) < 4.78 is 104. The average molecular weight is 641 g/mol. The number of methoxy groups -OCH3 is 2. The van der Waals surface area contributed by atoms with Crippen molar-refractivity contribution in [3.8, 4) is 23.0 Å². The van der Waals surface area contributed by atoms with Crippen molar-refractivity contribution in [1.82, 2.24) is 9.55 Å². The van der Waals surface area contributed by atoms with E-state index in [-0.39, 0.29) is 16.1 Å². The number of aromatic nitrogens is 2. The van der Waals surface area contributed by atoms with Gasteiger partial charge in [-0.05, 0) is 48.5 Å². The molecule has 2 heterocycles. The fourth-order valence-corrected chi connectivity index (χ4v) is 5.22. The molecule has 3 aromatic rings. The van der Waals surface area contributed by atoms with Gasteiger partial charge in [0.15, 0.2) is 12.3 Å². The number of benzene rings is 2. The SMILES string of the molecule is COc1ccc(OP(=O)(OC[C@@]2(C(F)F)O[C@@H](n3cc(Cl)c(=O)[nH]c3=O)[C@@H](O)C2(F)F)Oc2ccc(OC)cc2)cc1. The van der Waals surface area contributed by atoms with Gasteiger partial charge in [-0.3, -0.25) is 18.9 Å². The highest BCUT2D eigenvalue weighted by molar-refractivity contribution is 7.49. The van der Waals surface area contributed by atoms with E-state index in [0.29, 0.717) is 17.7 Å². The van der Waals surface area contributed by atoms with E-state index in [0.717, 1.165) is 0 Å². The maximum Gasteiger partial charge on any atom is 0.587 e. The first-order chi connectivity index (χ1) is 19.7. The predicted molar refractivity (Wildman–Crippen MR) is 137 cm³/mol. The fraction of sp³-hybridized carbons (Fsp3) is 0.333. The van der Waals surface area contributed by atoms with Crippen LogP contribution in [0.15, 0.2) is 64.3 Å². The lowest BCUT2D eigenvalue weighted by Gasteiger charge is -2.33. The molecule has 3 atom stereocenters. The van der Waals surface area contributed by atoms with Crippen LogP contribution in [-0.2, 0) is 13.8 Å². The Morgan fingerprint density at radius 2 is 1.48 bits per heavy atom. The van der Waals surface area contributed by atoms with Gasteiger partial charge in [-0.2, -0.15) is 8.78 Å². The molecule has 0 unspecified atom stereocenters. The highest BCUT2D eigenvalue weighted by atomic mass is 35.5. The molecule has 2 N–H and O–H groups in total. The third kappa shape index (κ3) is 5.99. The van der Waals surface area contributed by atoms with Crippen LogP contribution in [0.25, 0.3) is 0 Å². The van der Waals surface area contributed by atoms with Crippen LogP contribution in [-0.4, -0.2) is 59.5 Å². The lowest BCUT2D eigenvalue weighted by Crippen LogP contribution is -2.57. The van der Waals surface area contributed by atoms with Crippen LogP contribution in [0.4, 0.5) is 17.6 Å². The number of H-pyrrole nitrogens is 1. The molecule has 228 valence electrons. The maximum atomic E-state index is 15.4. The average Bonchev–Trinajstić information content (AvgIpc) is 3.16. The van der Waals surface area contributed by atoms with Crippen LogP contribution in [0.5, 0.6) is 23.0 Å². The van der Waals surface area contributed by atoms with E-state index >= 15 is 8.78 Å². The number of hydrogen-bond donors (Lipinski definition) is 2. The van der Waals surface area contributed by atoms with Crippen molar-refractivity contribution in [2.24, 2.45) is 0 Å². The molecule has 0 radical (unpaired) electrons. The van der Waals surface area contributed by atoms with Crippen LogP contribution in [0, 0.1) is 0 Å². The van der Waals surface area contributed by atoms with Crippen molar-refractivity contribution in [2.45, 2.75) is 30.3 Å². The summed E-state index contributed by atoms with van der Waals surface area (Å²) in [5.74, 6) is -4.49. The molecule has 4 rings (SSSR count). The summed E-state index contributed by atoms with van der Waals surface area (Å²) >= 11 is 5.64. The zero-order chi connectivity index (χ0) is 30.9. The summed E-state index contributed by atoms with van der Waals surface area (Å²) in [4.78, 5) is 25.5. The minimum Gasteiger partial charge on any atom is -0.497 e. The monoisotopic (exact) mass is 640 g/mol. The van der Waals surface area contributed by atoms with Crippen molar-refractivity contribution in [2.75, 3.05) is 20.8 Å². The molecule has 0 bridgehead atoms. The normalized spacial score (nSPS) is 21.7. The lowest BCUT2D eigenvalue weighted by atomic mass is 9.95. The van der Waals surface area contributed by atoms with Crippen molar-refractivity contribution in [3.05, 3.63) is 80.6 Å². The van der Waals surface area contributed by atoms with Crippen LogP contribution >= 0.6 is 19.4 Å². The number of aromatic amines is 1. The first-order valence-corrected chi connectivity index (χ1v) is 13.5. The molecule has 1 aliphatic rings. The van der Waals surface area contributed by atoms with Gasteiger partial charge >= 0.3 is 19.4 Å². The van der Waals surface area contributed by atoms with Gasteiger partial charge in [0, 0.05) is 6.20 Å². The molecular formula is C24H22ClF4N2O10P.